The molecule has 0 radical (unpaired) electrons. The molecule has 2 fully saturated rings. The molecule has 18 nitrogen and oxygen atoms in total. The van der Waals surface area contributed by atoms with Crippen LogP contribution in [0.2, 0.25) is 0 Å². The summed E-state index contributed by atoms with van der Waals surface area (Å²) in [5.74, 6) is -0.136. The van der Waals surface area contributed by atoms with Gasteiger partial charge in [-0.05, 0) is 72.3 Å². The summed E-state index contributed by atoms with van der Waals surface area (Å²) in [6.45, 7) is 1.21. The molecule has 20 heteroatoms. The van der Waals surface area contributed by atoms with Crippen molar-refractivity contribution in [3.05, 3.63) is 58.2 Å². The third-order valence-electron chi connectivity index (χ3n) is 10.7. The molecule has 1 atom stereocenters. The van der Waals surface area contributed by atoms with Crippen LogP contribution in [0.5, 0.6) is 17.2 Å². The molecule has 0 aliphatic carbocycles. The number of benzene rings is 2. The van der Waals surface area contributed by atoms with E-state index in [0.717, 1.165) is 30.6 Å². The molecule has 2 aromatic carbocycles. The molecule has 1 unspecified atom stereocenters. The molecule has 7 rings (SSSR count). The van der Waals surface area contributed by atoms with Gasteiger partial charge in [-0.3, -0.25) is 34.2 Å². The molecule has 3 aromatic rings. The Hall–Kier alpha value is -5.34. The maximum atomic E-state index is 13.2. The monoisotopic (exact) mass is 910 g/mol. The number of rotatable bonds is 19. The lowest BCUT2D eigenvalue weighted by Gasteiger charge is -2.31. The number of anilines is 3. The SMILES string of the molecule is O=C(CCCCCCCCOc1cccc2c1C(=O)N(C1CCC(=O)NC1=O)C2=O)NCCS(=O)(=O)N1CCC(Nc2ncc(Br)c(Nc3cccc4c3OCO4)n2)CC1. The number of amides is 5. The lowest BCUT2D eigenvalue weighted by molar-refractivity contribution is -0.136. The van der Waals surface area contributed by atoms with Crippen molar-refractivity contribution in [3.8, 4) is 17.2 Å². The van der Waals surface area contributed by atoms with Crippen molar-refractivity contribution in [2.75, 3.05) is 49.4 Å². The predicted molar refractivity (Wildman–Crippen MR) is 222 cm³/mol. The molecule has 60 heavy (non-hydrogen) atoms. The van der Waals surface area contributed by atoms with Gasteiger partial charge in [0.1, 0.15) is 17.6 Å². The number of carbonyl (C=O) groups excluding carboxylic acids is 5. The number of halogens is 1. The average Bonchev–Trinajstić information content (AvgIpc) is 3.81. The Morgan fingerprint density at radius 1 is 0.950 bits per heavy atom. The van der Waals surface area contributed by atoms with E-state index in [1.54, 1.807) is 18.3 Å². The van der Waals surface area contributed by atoms with Gasteiger partial charge >= 0.3 is 0 Å². The van der Waals surface area contributed by atoms with E-state index in [2.05, 4.69) is 47.2 Å². The highest BCUT2D eigenvalue weighted by Crippen LogP contribution is 2.41. The maximum absolute atomic E-state index is 13.2. The van der Waals surface area contributed by atoms with Gasteiger partial charge in [0, 0.05) is 44.7 Å². The summed E-state index contributed by atoms with van der Waals surface area (Å²) in [4.78, 5) is 72.5. The maximum Gasteiger partial charge on any atom is 0.266 e. The van der Waals surface area contributed by atoms with Gasteiger partial charge in [-0.15, -0.1) is 0 Å². The quantitative estimate of drug-likeness (QED) is 0.0975. The first-order valence-corrected chi connectivity index (χ1v) is 22.6. The molecule has 0 spiro atoms. The number of ether oxygens (including phenoxy) is 3. The molecule has 0 bridgehead atoms. The van der Waals surface area contributed by atoms with Crippen LogP contribution in [0.1, 0.15) is 91.3 Å². The standard InChI is InChI=1S/C40H47BrN8O10S/c41-27-23-43-40(47-36(27)45-28-10-8-12-31-35(28)59-24-58-31)44-25-16-19-48(20-17-25)60(55,56)22-18-42-32(50)13-5-3-1-2-4-6-21-57-30-11-7-9-26-34(30)39(54)49(38(26)53)29-14-15-33(51)46-37(29)52/h7-12,23,25,29H,1-6,13-22,24H2,(H,42,50)(H,46,51,52)(H2,43,44,45,47). The predicted octanol–water partition coefficient (Wildman–Crippen LogP) is 4.24. The van der Waals surface area contributed by atoms with Crippen LogP contribution in [-0.2, 0) is 24.4 Å². The van der Waals surface area contributed by atoms with Crippen molar-refractivity contribution >= 4 is 72.9 Å². The Balaban J connectivity index is 0.737. The number of hydrogen-bond donors (Lipinski definition) is 4. The van der Waals surface area contributed by atoms with E-state index in [1.165, 1.54) is 10.4 Å². The normalized spacial score (nSPS) is 18.0. The molecule has 4 aliphatic heterocycles. The molecule has 5 heterocycles. The molecule has 2 saturated heterocycles. The second kappa shape index (κ2) is 19.4. The first-order chi connectivity index (χ1) is 29.0. The van der Waals surface area contributed by atoms with Crippen LogP contribution < -0.4 is 35.5 Å². The number of carbonyl (C=O) groups is 5. The highest BCUT2D eigenvalue weighted by Gasteiger charge is 2.46. The van der Waals surface area contributed by atoms with E-state index in [1.807, 2.05) is 18.2 Å². The van der Waals surface area contributed by atoms with Crippen LogP contribution in [-0.4, -0.2) is 108 Å². The van der Waals surface area contributed by atoms with Gasteiger partial charge in [-0.25, -0.2) is 17.7 Å². The van der Waals surface area contributed by atoms with Gasteiger partial charge in [0.15, 0.2) is 11.5 Å². The number of piperidine rings is 2. The van der Waals surface area contributed by atoms with Gasteiger partial charge in [0.2, 0.25) is 40.5 Å². The molecule has 320 valence electrons. The summed E-state index contributed by atoms with van der Waals surface area (Å²) in [5, 5.41) is 11.5. The highest BCUT2D eigenvalue weighted by atomic mass is 79.9. The van der Waals surface area contributed by atoms with Crippen LogP contribution in [0, 0.1) is 0 Å². The first-order valence-electron chi connectivity index (χ1n) is 20.1. The van der Waals surface area contributed by atoms with E-state index < -0.39 is 39.7 Å². The number of nitrogens with one attached hydrogen (secondary N) is 4. The van der Waals surface area contributed by atoms with Crippen LogP contribution in [0.4, 0.5) is 17.5 Å². The number of imide groups is 2. The largest absolute Gasteiger partial charge is 0.493 e. The van der Waals surface area contributed by atoms with E-state index in [4.69, 9.17) is 14.2 Å². The van der Waals surface area contributed by atoms with Crippen LogP contribution in [0.3, 0.4) is 0 Å². The summed E-state index contributed by atoms with van der Waals surface area (Å²) >= 11 is 3.49. The minimum atomic E-state index is -3.55. The third-order valence-corrected chi connectivity index (χ3v) is 13.2. The molecular weight excluding hydrogens is 864 g/mol. The van der Waals surface area contributed by atoms with Crippen LogP contribution in [0.15, 0.2) is 47.1 Å². The highest BCUT2D eigenvalue weighted by molar-refractivity contribution is 9.10. The van der Waals surface area contributed by atoms with Crippen LogP contribution >= 0.6 is 15.9 Å². The van der Waals surface area contributed by atoms with Gasteiger partial charge < -0.3 is 30.2 Å². The number of para-hydroxylation sites is 1. The van der Waals surface area contributed by atoms with Gasteiger partial charge in [0.05, 0.1) is 33.6 Å². The summed E-state index contributed by atoms with van der Waals surface area (Å²) in [6.07, 6.45) is 8.16. The van der Waals surface area contributed by atoms with E-state index in [0.29, 0.717) is 85.2 Å². The number of aromatic nitrogens is 2. The number of nitrogens with zero attached hydrogens (tertiary/aromatic N) is 4. The Morgan fingerprint density at radius 3 is 2.52 bits per heavy atom. The van der Waals surface area contributed by atoms with E-state index in [9.17, 15) is 32.4 Å². The molecule has 1 aromatic heterocycles. The fraction of sp³-hybridized carbons (Fsp3) is 0.475. The minimum absolute atomic E-state index is 0.0204. The van der Waals surface area contributed by atoms with Crippen molar-refractivity contribution in [3.63, 3.8) is 0 Å². The Morgan fingerprint density at radius 2 is 1.72 bits per heavy atom. The molecule has 5 amide bonds. The number of hydrogen-bond acceptors (Lipinski definition) is 14. The molecule has 4 aliphatic rings. The number of sulfonamides is 1. The summed E-state index contributed by atoms with van der Waals surface area (Å²) < 4.78 is 45.2. The lowest BCUT2D eigenvalue weighted by atomic mass is 10.0. The summed E-state index contributed by atoms with van der Waals surface area (Å²) in [7, 11) is -3.55. The summed E-state index contributed by atoms with van der Waals surface area (Å²) in [6, 6.07) is 9.27. The van der Waals surface area contributed by atoms with Crippen molar-refractivity contribution in [2.24, 2.45) is 0 Å². The minimum Gasteiger partial charge on any atom is -0.493 e. The van der Waals surface area contributed by atoms with Crippen molar-refractivity contribution < 1.29 is 46.6 Å². The first kappa shape index (κ1) is 42.8. The second-order valence-corrected chi connectivity index (χ2v) is 17.8. The van der Waals surface area contributed by atoms with Gasteiger partial charge in [0.25, 0.3) is 11.8 Å². The van der Waals surface area contributed by atoms with Crippen molar-refractivity contribution in [2.45, 2.75) is 82.7 Å². The van der Waals surface area contributed by atoms with Crippen LogP contribution in [0.25, 0.3) is 0 Å². The Bertz CT molecular complexity index is 2240. The Kier molecular flexibility index (Phi) is 13.8. The zero-order valence-corrected chi connectivity index (χ0v) is 35.3. The average molecular weight is 912 g/mol. The fourth-order valence-electron chi connectivity index (χ4n) is 7.56. The summed E-state index contributed by atoms with van der Waals surface area (Å²) in [5.41, 5.74) is 1.01. The second-order valence-electron chi connectivity index (χ2n) is 14.9. The van der Waals surface area contributed by atoms with Crippen molar-refractivity contribution in [1.82, 2.24) is 29.8 Å². The van der Waals surface area contributed by atoms with E-state index >= 15 is 0 Å². The smallest absolute Gasteiger partial charge is 0.266 e. The van der Waals surface area contributed by atoms with Gasteiger partial charge in [-0.2, -0.15) is 4.98 Å². The molecule has 4 N–H and O–H groups in total. The molecule has 0 saturated carbocycles. The zero-order valence-electron chi connectivity index (χ0n) is 32.9. The number of fused-ring (bicyclic) bond motifs is 2. The fourth-order valence-corrected chi connectivity index (χ4v) is 9.23. The molecular formula is C40H47BrN8O10S. The van der Waals surface area contributed by atoms with E-state index in [-0.39, 0.29) is 60.8 Å². The zero-order chi connectivity index (χ0) is 42.2. The third kappa shape index (κ3) is 10.2. The number of unbranched alkanes of at least 4 members (excludes halogenated alkanes) is 5. The lowest BCUT2D eigenvalue weighted by Crippen LogP contribution is -2.54. The van der Waals surface area contributed by atoms with Crippen molar-refractivity contribution in [1.29, 1.82) is 0 Å². The topological polar surface area (TPSA) is 228 Å². The Labute approximate surface area is 355 Å². The van der Waals surface area contributed by atoms with Gasteiger partial charge in [-0.1, -0.05) is 37.8 Å².